The summed E-state index contributed by atoms with van der Waals surface area (Å²) in [5.41, 5.74) is 1.70. The number of aryl methyl sites for hydroxylation is 2. The van der Waals surface area contributed by atoms with E-state index in [1.165, 1.54) is 14.7 Å². The fourth-order valence-electron chi connectivity index (χ4n) is 3.43. The molecule has 0 radical (unpaired) electrons. The van der Waals surface area contributed by atoms with Crippen LogP contribution in [0.4, 0.5) is 5.69 Å². The summed E-state index contributed by atoms with van der Waals surface area (Å²) in [4.78, 5) is 34.3. The molecule has 1 aliphatic rings. The number of benzene rings is 1. The van der Waals surface area contributed by atoms with Crippen LogP contribution in [0.1, 0.15) is 30.5 Å². The van der Waals surface area contributed by atoms with E-state index in [0.717, 1.165) is 19.5 Å². The molecule has 28 heavy (non-hydrogen) atoms. The van der Waals surface area contributed by atoms with E-state index in [0.29, 0.717) is 16.8 Å². The van der Waals surface area contributed by atoms with Gasteiger partial charge in [0.1, 0.15) is 0 Å². The molecule has 2 amide bonds. The van der Waals surface area contributed by atoms with Crippen molar-refractivity contribution < 1.29 is 9.59 Å². The van der Waals surface area contributed by atoms with Crippen LogP contribution in [0.3, 0.4) is 0 Å². The largest absolute Gasteiger partial charge is 0.268 e. The molecule has 0 spiro atoms. The molecule has 0 saturated heterocycles. The number of anilines is 1. The highest BCUT2D eigenvalue weighted by molar-refractivity contribution is 7.27. The van der Waals surface area contributed by atoms with Gasteiger partial charge in [0.2, 0.25) is 0 Å². The summed E-state index contributed by atoms with van der Waals surface area (Å²) in [7, 11) is 0. The monoisotopic (exact) mass is 421 g/mol. The number of nitrogens with zero attached hydrogens (tertiary/aromatic N) is 1. The molecule has 6 heteroatoms. The van der Waals surface area contributed by atoms with Crippen molar-refractivity contribution >= 4 is 51.5 Å². The Morgan fingerprint density at radius 2 is 1.14 bits per heavy atom. The molecule has 0 N–H and O–H groups in total. The van der Waals surface area contributed by atoms with E-state index in [2.05, 4.69) is 26.0 Å². The second kappa shape index (κ2) is 6.51. The average Bonchev–Trinajstić information content (AvgIpc) is 3.43. The van der Waals surface area contributed by atoms with Gasteiger partial charge in [0.15, 0.2) is 0 Å². The molecule has 0 fully saturated rings. The number of imide groups is 1. The Bertz CT molecular complexity index is 1160. The minimum Gasteiger partial charge on any atom is -0.268 e. The van der Waals surface area contributed by atoms with Crippen molar-refractivity contribution in [3.8, 4) is 19.5 Å². The Balaban J connectivity index is 1.75. The van der Waals surface area contributed by atoms with Crippen LogP contribution in [-0.2, 0) is 0 Å². The van der Waals surface area contributed by atoms with Gasteiger partial charge >= 0.3 is 0 Å². The van der Waals surface area contributed by atoms with Crippen molar-refractivity contribution in [3.05, 3.63) is 75.5 Å². The lowest BCUT2D eigenvalue weighted by molar-refractivity contribution is 0.0926. The van der Waals surface area contributed by atoms with Gasteiger partial charge in [-0.05, 0) is 50.2 Å². The standard InChI is InChI=1S/C22H15NO2S3/c1-12-8-10-15(26-12)19-17-18(20(28-19)16-11-9-13(2)27-16)22(25)23(21(17)24)14-6-4-3-5-7-14/h3-11H,1-2H3. The lowest BCUT2D eigenvalue weighted by Crippen LogP contribution is -2.29. The molecule has 3 nitrogen and oxygen atoms in total. The highest BCUT2D eigenvalue weighted by Crippen LogP contribution is 2.49. The maximum Gasteiger partial charge on any atom is 0.267 e. The second-order valence-electron chi connectivity index (χ2n) is 6.61. The third kappa shape index (κ3) is 2.60. The molecule has 138 valence electrons. The Morgan fingerprint density at radius 3 is 1.57 bits per heavy atom. The van der Waals surface area contributed by atoms with Gasteiger partial charge in [0, 0.05) is 19.5 Å². The fourth-order valence-corrected chi connectivity index (χ4v) is 6.68. The van der Waals surface area contributed by atoms with Gasteiger partial charge in [-0.15, -0.1) is 34.0 Å². The first-order valence-corrected chi connectivity index (χ1v) is 11.2. The van der Waals surface area contributed by atoms with E-state index in [1.807, 2.05) is 30.3 Å². The average molecular weight is 422 g/mol. The smallest absolute Gasteiger partial charge is 0.267 e. The highest BCUT2D eigenvalue weighted by Gasteiger charge is 2.43. The zero-order valence-electron chi connectivity index (χ0n) is 15.2. The van der Waals surface area contributed by atoms with Gasteiger partial charge < -0.3 is 0 Å². The van der Waals surface area contributed by atoms with Crippen LogP contribution in [0.2, 0.25) is 0 Å². The van der Waals surface area contributed by atoms with E-state index in [9.17, 15) is 9.59 Å². The Morgan fingerprint density at radius 1 is 0.643 bits per heavy atom. The molecule has 4 aromatic rings. The van der Waals surface area contributed by atoms with Crippen molar-refractivity contribution in [1.29, 1.82) is 0 Å². The number of rotatable bonds is 3. The molecule has 1 aromatic carbocycles. The second-order valence-corrected chi connectivity index (χ2v) is 10.2. The number of carbonyl (C=O) groups excluding carboxylic acids is 2. The molecule has 1 aliphatic heterocycles. The minimum absolute atomic E-state index is 0.233. The summed E-state index contributed by atoms with van der Waals surface area (Å²) in [5, 5.41) is 0. The number of hydrogen-bond donors (Lipinski definition) is 0. The Labute approximate surface area is 174 Å². The molecule has 0 saturated carbocycles. The number of amides is 2. The molecular formula is C22H15NO2S3. The fraction of sp³-hybridized carbons (Fsp3) is 0.0909. The predicted molar refractivity (Wildman–Crippen MR) is 118 cm³/mol. The van der Waals surface area contributed by atoms with E-state index in [4.69, 9.17) is 0 Å². The zero-order chi connectivity index (χ0) is 19.4. The Kier molecular flexibility index (Phi) is 4.08. The van der Waals surface area contributed by atoms with Crippen LogP contribution in [-0.4, -0.2) is 11.8 Å². The molecule has 0 bridgehead atoms. The molecule has 0 atom stereocenters. The van der Waals surface area contributed by atoms with Crippen LogP contribution in [0.25, 0.3) is 19.5 Å². The summed E-state index contributed by atoms with van der Waals surface area (Å²) < 4.78 is 0. The molecule has 5 rings (SSSR count). The van der Waals surface area contributed by atoms with E-state index in [1.54, 1.807) is 46.1 Å². The number of hydrogen-bond acceptors (Lipinski definition) is 5. The van der Waals surface area contributed by atoms with Crippen LogP contribution < -0.4 is 4.90 Å². The number of carbonyl (C=O) groups is 2. The van der Waals surface area contributed by atoms with Gasteiger partial charge in [-0.2, -0.15) is 0 Å². The summed E-state index contributed by atoms with van der Waals surface area (Å²) in [6.07, 6.45) is 0. The first-order valence-electron chi connectivity index (χ1n) is 8.79. The molecular weight excluding hydrogens is 406 g/mol. The predicted octanol–water partition coefficient (Wildman–Crippen LogP) is 6.62. The molecule has 4 heterocycles. The van der Waals surface area contributed by atoms with Gasteiger partial charge in [0.05, 0.1) is 26.6 Å². The van der Waals surface area contributed by atoms with Crippen molar-refractivity contribution in [2.75, 3.05) is 4.90 Å². The van der Waals surface area contributed by atoms with Crippen molar-refractivity contribution in [3.63, 3.8) is 0 Å². The van der Waals surface area contributed by atoms with Crippen LogP contribution in [0.15, 0.2) is 54.6 Å². The van der Waals surface area contributed by atoms with Crippen molar-refractivity contribution in [1.82, 2.24) is 0 Å². The summed E-state index contributed by atoms with van der Waals surface area (Å²) in [6, 6.07) is 17.3. The summed E-state index contributed by atoms with van der Waals surface area (Å²) in [5.74, 6) is -0.467. The van der Waals surface area contributed by atoms with Crippen LogP contribution in [0.5, 0.6) is 0 Å². The maximum atomic E-state index is 13.4. The van der Waals surface area contributed by atoms with E-state index >= 15 is 0 Å². The minimum atomic E-state index is -0.233. The van der Waals surface area contributed by atoms with Crippen LogP contribution >= 0.6 is 34.0 Å². The third-order valence-corrected chi connectivity index (χ3v) is 8.24. The SMILES string of the molecule is Cc1ccc(-c2sc(-c3ccc(C)s3)c3c2C(=O)N(c2ccccc2)C3=O)s1. The topological polar surface area (TPSA) is 37.4 Å². The maximum absolute atomic E-state index is 13.4. The zero-order valence-corrected chi connectivity index (χ0v) is 17.6. The van der Waals surface area contributed by atoms with Crippen molar-refractivity contribution in [2.45, 2.75) is 13.8 Å². The van der Waals surface area contributed by atoms with Gasteiger partial charge in [-0.25, -0.2) is 4.90 Å². The number of para-hydroxylation sites is 1. The number of fused-ring (bicyclic) bond motifs is 1. The molecule has 0 aliphatic carbocycles. The summed E-state index contributed by atoms with van der Waals surface area (Å²) >= 11 is 4.86. The Hall–Kier alpha value is -2.54. The van der Waals surface area contributed by atoms with Gasteiger partial charge in [-0.1, -0.05) is 18.2 Å². The third-order valence-electron chi connectivity index (χ3n) is 4.68. The van der Waals surface area contributed by atoms with Crippen molar-refractivity contribution in [2.24, 2.45) is 0 Å². The lowest BCUT2D eigenvalue weighted by atomic mass is 10.1. The van der Waals surface area contributed by atoms with Gasteiger partial charge in [-0.3, -0.25) is 9.59 Å². The normalized spacial score (nSPS) is 13.4. The first kappa shape index (κ1) is 17.6. The van der Waals surface area contributed by atoms with Gasteiger partial charge in [0.25, 0.3) is 11.8 Å². The number of thiophene rings is 3. The quantitative estimate of drug-likeness (QED) is 0.349. The lowest BCUT2D eigenvalue weighted by Gasteiger charge is -2.14. The highest BCUT2D eigenvalue weighted by atomic mass is 32.1. The molecule has 3 aromatic heterocycles. The van der Waals surface area contributed by atoms with E-state index in [-0.39, 0.29) is 11.8 Å². The molecule has 0 unspecified atom stereocenters. The first-order chi connectivity index (χ1) is 13.5. The summed E-state index contributed by atoms with van der Waals surface area (Å²) in [6.45, 7) is 4.10. The van der Waals surface area contributed by atoms with E-state index < -0.39 is 0 Å². The van der Waals surface area contributed by atoms with Crippen LogP contribution in [0, 0.1) is 13.8 Å².